The Morgan fingerprint density at radius 2 is 1.61 bits per heavy atom. The molecule has 0 heterocycles. The van der Waals surface area contributed by atoms with E-state index >= 15 is 0 Å². The summed E-state index contributed by atoms with van der Waals surface area (Å²) in [6.45, 7) is 0.372. The summed E-state index contributed by atoms with van der Waals surface area (Å²) in [5.74, 6) is -0.653. The molecule has 8 heteroatoms. The highest BCUT2D eigenvalue weighted by Gasteiger charge is 2.31. The van der Waals surface area contributed by atoms with Gasteiger partial charge in [0, 0.05) is 26.6 Å². The van der Waals surface area contributed by atoms with Gasteiger partial charge >= 0.3 is 0 Å². The van der Waals surface area contributed by atoms with Crippen LogP contribution in [-0.2, 0) is 32.6 Å². The number of carbonyl (C=O) groups is 2. The molecule has 7 nitrogen and oxygen atoms in total. The standard InChI is InChI=1S/C28H37N3O4S/c1-30(36(2,34)35)22-27(32)31(21-25-16-10-5-11-17-25)26(20-24-14-8-4-9-15-24)28(33)29-19-18-23-12-6-3-7-13-23/h4-5,8-12,14-17,26H,3,6-7,13,18-22H2,1-2H3,(H,29,33)/t26-/m1/s1. The van der Waals surface area contributed by atoms with Crippen LogP contribution in [0.3, 0.4) is 0 Å². The Labute approximate surface area is 215 Å². The first-order valence-corrected chi connectivity index (χ1v) is 14.3. The molecule has 3 rings (SSSR count). The lowest BCUT2D eigenvalue weighted by Gasteiger charge is -2.32. The van der Waals surface area contributed by atoms with E-state index in [9.17, 15) is 18.0 Å². The van der Waals surface area contributed by atoms with Crippen LogP contribution in [0.5, 0.6) is 0 Å². The molecule has 1 aliphatic carbocycles. The highest BCUT2D eigenvalue weighted by atomic mass is 32.2. The van der Waals surface area contributed by atoms with Crippen molar-refractivity contribution in [2.75, 3.05) is 26.4 Å². The van der Waals surface area contributed by atoms with Gasteiger partial charge in [-0.2, -0.15) is 4.31 Å². The average molecular weight is 512 g/mol. The fourth-order valence-electron chi connectivity index (χ4n) is 4.33. The first-order chi connectivity index (χ1) is 17.2. The minimum Gasteiger partial charge on any atom is -0.354 e. The van der Waals surface area contributed by atoms with E-state index in [0.29, 0.717) is 13.0 Å². The van der Waals surface area contributed by atoms with Gasteiger partial charge < -0.3 is 10.2 Å². The number of nitrogens with one attached hydrogen (secondary N) is 1. The topological polar surface area (TPSA) is 86.8 Å². The minimum absolute atomic E-state index is 0.202. The molecule has 2 amide bonds. The number of benzene rings is 2. The molecule has 0 fully saturated rings. The summed E-state index contributed by atoms with van der Waals surface area (Å²) in [7, 11) is -2.18. The summed E-state index contributed by atoms with van der Waals surface area (Å²) >= 11 is 0. The number of allylic oxidation sites excluding steroid dienone is 1. The zero-order valence-electron chi connectivity index (χ0n) is 21.2. The second kappa shape index (κ2) is 13.4. The SMILES string of the molecule is CN(CC(=O)N(Cc1ccccc1)[C@H](Cc1ccccc1)C(=O)NCCC1=CCCCC1)S(C)(=O)=O. The third kappa shape index (κ3) is 8.60. The third-order valence-corrected chi connectivity index (χ3v) is 7.78. The number of hydrogen-bond acceptors (Lipinski definition) is 4. The van der Waals surface area contributed by atoms with E-state index in [1.165, 1.54) is 30.4 Å². The number of amides is 2. The van der Waals surface area contributed by atoms with Crippen LogP contribution >= 0.6 is 0 Å². The molecule has 0 unspecified atom stereocenters. The number of nitrogens with zero attached hydrogens (tertiary/aromatic N) is 2. The zero-order valence-corrected chi connectivity index (χ0v) is 22.0. The van der Waals surface area contributed by atoms with Crippen molar-refractivity contribution >= 4 is 21.8 Å². The number of carbonyl (C=O) groups excluding carboxylic acids is 2. The maximum absolute atomic E-state index is 13.6. The van der Waals surface area contributed by atoms with E-state index in [1.807, 2.05) is 60.7 Å². The van der Waals surface area contributed by atoms with Gasteiger partial charge in [0.25, 0.3) is 0 Å². The Balaban J connectivity index is 1.85. The van der Waals surface area contributed by atoms with Crippen LogP contribution in [0, 0.1) is 0 Å². The lowest BCUT2D eigenvalue weighted by atomic mass is 9.97. The van der Waals surface area contributed by atoms with Crippen molar-refractivity contribution in [2.45, 2.75) is 51.1 Å². The van der Waals surface area contributed by atoms with Crippen LogP contribution in [0.2, 0.25) is 0 Å². The second-order valence-electron chi connectivity index (χ2n) is 9.38. The van der Waals surface area contributed by atoms with E-state index in [1.54, 1.807) is 0 Å². The molecule has 36 heavy (non-hydrogen) atoms. The zero-order chi connectivity index (χ0) is 26.0. The van der Waals surface area contributed by atoms with Gasteiger partial charge in [-0.05, 0) is 43.2 Å². The van der Waals surface area contributed by atoms with Crippen molar-refractivity contribution in [1.82, 2.24) is 14.5 Å². The highest BCUT2D eigenvalue weighted by Crippen LogP contribution is 2.20. The van der Waals surface area contributed by atoms with Gasteiger partial charge in [-0.15, -0.1) is 0 Å². The molecule has 2 aromatic carbocycles. The maximum Gasteiger partial charge on any atom is 0.243 e. The van der Waals surface area contributed by atoms with Crippen LogP contribution in [0.1, 0.15) is 43.2 Å². The van der Waals surface area contributed by atoms with E-state index in [4.69, 9.17) is 0 Å². The summed E-state index contributed by atoms with van der Waals surface area (Å²) in [5, 5.41) is 3.05. The monoisotopic (exact) mass is 511 g/mol. The Morgan fingerprint density at radius 3 is 2.19 bits per heavy atom. The fraction of sp³-hybridized carbons (Fsp3) is 0.429. The molecule has 0 saturated heterocycles. The lowest BCUT2D eigenvalue weighted by Crippen LogP contribution is -2.53. The molecule has 0 aromatic heterocycles. The van der Waals surface area contributed by atoms with E-state index < -0.39 is 22.0 Å². The summed E-state index contributed by atoms with van der Waals surface area (Å²) < 4.78 is 25.0. The van der Waals surface area contributed by atoms with Gasteiger partial charge in [-0.25, -0.2) is 8.42 Å². The molecule has 0 spiro atoms. The molecule has 1 aliphatic rings. The van der Waals surface area contributed by atoms with Gasteiger partial charge in [-0.1, -0.05) is 72.3 Å². The van der Waals surface area contributed by atoms with Gasteiger partial charge in [0.15, 0.2) is 0 Å². The summed E-state index contributed by atoms with van der Waals surface area (Å²) in [4.78, 5) is 28.6. The van der Waals surface area contributed by atoms with Gasteiger partial charge in [0.2, 0.25) is 21.8 Å². The number of rotatable bonds is 12. The van der Waals surface area contributed by atoms with Crippen molar-refractivity contribution in [1.29, 1.82) is 0 Å². The van der Waals surface area contributed by atoms with Crippen molar-refractivity contribution < 1.29 is 18.0 Å². The predicted octanol–water partition coefficient (Wildman–Crippen LogP) is 3.52. The summed E-state index contributed by atoms with van der Waals surface area (Å²) in [5.41, 5.74) is 3.16. The first-order valence-electron chi connectivity index (χ1n) is 12.5. The van der Waals surface area contributed by atoms with Crippen molar-refractivity contribution in [3.05, 3.63) is 83.4 Å². The first kappa shape index (κ1) is 27.6. The van der Waals surface area contributed by atoms with Crippen LogP contribution in [0.15, 0.2) is 72.3 Å². The van der Waals surface area contributed by atoms with Gasteiger partial charge in [0.1, 0.15) is 6.04 Å². The smallest absolute Gasteiger partial charge is 0.243 e. The van der Waals surface area contributed by atoms with Gasteiger partial charge in [0.05, 0.1) is 12.8 Å². The van der Waals surface area contributed by atoms with Crippen molar-refractivity contribution in [2.24, 2.45) is 0 Å². The maximum atomic E-state index is 13.6. The Morgan fingerprint density at radius 1 is 0.972 bits per heavy atom. The molecule has 194 valence electrons. The van der Waals surface area contributed by atoms with Gasteiger partial charge in [-0.3, -0.25) is 9.59 Å². The van der Waals surface area contributed by atoms with Crippen LogP contribution < -0.4 is 5.32 Å². The van der Waals surface area contributed by atoms with Crippen molar-refractivity contribution in [3.63, 3.8) is 0 Å². The Kier molecular flexibility index (Phi) is 10.3. The number of likely N-dealkylation sites (N-methyl/N-ethyl adjacent to an activating group) is 1. The van der Waals surface area contributed by atoms with E-state index in [0.717, 1.165) is 41.0 Å². The quantitative estimate of drug-likeness (QED) is 0.442. The molecule has 0 aliphatic heterocycles. The third-order valence-electron chi connectivity index (χ3n) is 6.52. The fourth-order valence-corrected chi connectivity index (χ4v) is 4.67. The molecule has 0 bridgehead atoms. The Bertz CT molecular complexity index is 1130. The number of hydrogen-bond donors (Lipinski definition) is 1. The Hall–Kier alpha value is -2.97. The van der Waals surface area contributed by atoms with Crippen LogP contribution in [0.4, 0.5) is 0 Å². The normalized spacial score (nSPS) is 14.7. The molecular formula is C28H37N3O4S. The van der Waals surface area contributed by atoms with E-state index in [-0.39, 0.29) is 19.0 Å². The highest BCUT2D eigenvalue weighted by molar-refractivity contribution is 7.88. The van der Waals surface area contributed by atoms with E-state index in [2.05, 4.69) is 11.4 Å². The molecular weight excluding hydrogens is 474 g/mol. The summed E-state index contributed by atoms with van der Waals surface area (Å²) in [6, 6.07) is 18.2. The average Bonchev–Trinajstić information content (AvgIpc) is 2.87. The van der Waals surface area contributed by atoms with Crippen LogP contribution in [-0.4, -0.2) is 61.9 Å². The largest absolute Gasteiger partial charge is 0.354 e. The van der Waals surface area contributed by atoms with Crippen molar-refractivity contribution in [3.8, 4) is 0 Å². The lowest BCUT2D eigenvalue weighted by molar-refractivity contribution is -0.141. The molecule has 1 N–H and O–H groups in total. The van der Waals surface area contributed by atoms with Crippen LogP contribution in [0.25, 0.3) is 0 Å². The molecule has 2 aromatic rings. The molecule has 0 saturated carbocycles. The minimum atomic E-state index is -3.56. The predicted molar refractivity (Wildman–Crippen MR) is 143 cm³/mol. The summed E-state index contributed by atoms with van der Waals surface area (Å²) in [6.07, 6.45) is 9.02. The number of sulfonamides is 1. The second-order valence-corrected chi connectivity index (χ2v) is 11.5. The molecule has 0 radical (unpaired) electrons. The molecule has 1 atom stereocenters.